The van der Waals surface area contributed by atoms with Gasteiger partial charge in [-0.3, -0.25) is 4.72 Å². The first kappa shape index (κ1) is 28.7. The highest BCUT2D eigenvalue weighted by atomic mass is 32.2. The predicted molar refractivity (Wildman–Crippen MR) is 117 cm³/mol. The third-order valence-corrected chi connectivity index (χ3v) is 5.94. The number of unbranched alkanes of at least 4 members (excludes halogenated alkanes) is 1. The summed E-state index contributed by atoms with van der Waals surface area (Å²) in [5, 5.41) is 16.4. The third-order valence-electron chi connectivity index (χ3n) is 4.43. The van der Waals surface area contributed by atoms with E-state index in [9.17, 15) is 35.9 Å². The van der Waals surface area contributed by atoms with Crippen LogP contribution in [0.25, 0.3) is 0 Å². The lowest BCUT2D eigenvalue weighted by Gasteiger charge is -2.23. The van der Waals surface area contributed by atoms with Gasteiger partial charge in [0, 0.05) is 13.6 Å². The van der Waals surface area contributed by atoms with Crippen molar-refractivity contribution >= 4 is 33.3 Å². The van der Waals surface area contributed by atoms with Crippen LogP contribution >= 0.6 is 0 Å². The molecule has 0 aliphatic carbocycles. The second-order valence-electron chi connectivity index (χ2n) is 7.13. The second-order valence-corrected chi connectivity index (χ2v) is 8.78. The molecule has 0 fully saturated rings. The lowest BCUT2D eigenvalue weighted by Crippen LogP contribution is -2.22. The molecule has 2 aromatic carbocycles. The van der Waals surface area contributed by atoms with Crippen molar-refractivity contribution in [2.24, 2.45) is 0 Å². The summed E-state index contributed by atoms with van der Waals surface area (Å²) in [5.74, 6) is -4.59. The predicted octanol–water partition coefficient (Wildman–Crippen LogP) is 4.50. The Hall–Kier alpha value is -3.35. The van der Waals surface area contributed by atoms with Crippen LogP contribution in [-0.2, 0) is 14.8 Å². The third kappa shape index (κ3) is 8.21. The molecule has 0 bridgehead atoms. The Balaban J connectivity index is 0.000000718. The fourth-order valence-electron chi connectivity index (χ4n) is 2.66. The largest absolute Gasteiger partial charge is 0.490 e. The number of carboxylic acids is 2. The standard InChI is InChI=1S/C19H23FN2O4S.C2HF3O2/c1-4-5-10-22(3)17-9-7-14(19(23)24)11-16(17)21-27(25,26)18-12-15(20)8-6-13(18)2;3-2(4,5)1(6)7/h6-9,11-12,21H,4-5,10H2,1-3H3,(H,23,24);(H,6,7). The summed E-state index contributed by atoms with van der Waals surface area (Å²) in [6, 6.07) is 7.77. The minimum Gasteiger partial charge on any atom is -0.478 e. The van der Waals surface area contributed by atoms with Gasteiger partial charge in [-0.05, 0) is 49.2 Å². The Kier molecular flexibility index (Phi) is 9.85. The Morgan fingerprint density at radius 2 is 1.68 bits per heavy atom. The van der Waals surface area contributed by atoms with E-state index in [4.69, 9.17) is 9.90 Å². The van der Waals surface area contributed by atoms with Crippen molar-refractivity contribution in [3.05, 3.63) is 53.3 Å². The van der Waals surface area contributed by atoms with E-state index in [1.165, 1.54) is 24.3 Å². The quantitative estimate of drug-likeness (QED) is 0.449. The number of carbonyl (C=O) groups is 2. The van der Waals surface area contributed by atoms with Crippen LogP contribution < -0.4 is 9.62 Å². The number of sulfonamides is 1. The number of aliphatic carboxylic acids is 1. The summed E-state index contributed by atoms with van der Waals surface area (Å²) in [7, 11) is -2.29. The van der Waals surface area contributed by atoms with Crippen LogP contribution in [0.2, 0.25) is 0 Å². The first-order valence-electron chi connectivity index (χ1n) is 9.77. The van der Waals surface area contributed by atoms with Gasteiger partial charge in [-0.15, -0.1) is 0 Å². The smallest absolute Gasteiger partial charge is 0.478 e. The molecule has 0 amide bonds. The topological polar surface area (TPSA) is 124 Å². The first-order chi connectivity index (χ1) is 15.6. The molecular formula is C21H24F4N2O6S. The maximum Gasteiger partial charge on any atom is 0.490 e. The molecule has 0 radical (unpaired) electrons. The number of nitrogens with one attached hydrogen (secondary N) is 1. The monoisotopic (exact) mass is 508 g/mol. The number of nitrogens with zero attached hydrogens (tertiary/aromatic N) is 1. The van der Waals surface area contributed by atoms with E-state index in [-0.39, 0.29) is 16.1 Å². The summed E-state index contributed by atoms with van der Waals surface area (Å²) >= 11 is 0. The van der Waals surface area contributed by atoms with Gasteiger partial charge in [0.25, 0.3) is 10.0 Å². The van der Waals surface area contributed by atoms with Gasteiger partial charge >= 0.3 is 18.1 Å². The highest BCUT2D eigenvalue weighted by Crippen LogP contribution is 2.30. The zero-order valence-corrected chi connectivity index (χ0v) is 19.3. The van der Waals surface area contributed by atoms with Crippen molar-refractivity contribution in [2.45, 2.75) is 37.8 Å². The molecule has 8 nitrogen and oxygen atoms in total. The van der Waals surface area contributed by atoms with Crippen LogP contribution in [-0.4, -0.2) is 50.3 Å². The molecule has 0 unspecified atom stereocenters. The lowest BCUT2D eigenvalue weighted by atomic mass is 10.1. The number of rotatable bonds is 8. The summed E-state index contributed by atoms with van der Waals surface area (Å²) in [4.78, 5) is 21.9. The number of halogens is 4. The van der Waals surface area contributed by atoms with Gasteiger partial charge in [-0.2, -0.15) is 13.2 Å². The number of hydrogen-bond donors (Lipinski definition) is 3. The molecule has 34 heavy (non-hydrogen) atoms. The molecule has 0 saturated heterocycles. The minimum absolute atomic E-state index is 0.0451. The first-order valence-corrected chi connectivity index (χ1v) is 11.3. The molecule has 0 aliphatic rings. The van der Waals surface area contributed by atoms with Gasteiger partial charge in [-0.1, -0.05) is 19.4 Å². The zero-order chi connectivity index (χ0) is 26.3. The molecule has 0 aromatic heterocycles. The normalized spacial score (nSPS) is 11.3. The molecule has 13 heteroatoms. The van der Waals surface area contributed by atoms with Crippen LogP contribution in [0.1, 0.15) is 35.7 Å². The molecular weight excluding hydrogens is 484 g/mol. The average molecular weight is 508 g/mol. The highest BCUT2D eigenvalue weighted by Gasteiger charge is 2.38. The number of alkyl halides is 3. The van der Waals surface area contributed by atoms with Gasteiger partial charge in [-0.25, -0.2) is 22.4 Å². The highest BCUT2D eigenvalue weighted by molar-refractivity contribution is 7.92. The van der Waals surface area contributed by atoms with Crippen molar-refractivity contribution in [1.29, 1.82) is 0 Å². The van der Waals surface area contributed by atoms with E-state index in [0.717, 1.165) is 18.9 Å². The fourth-order valence-corrected chi connectivity index (χ4v) is 3.99. The van der Waals surface area contributed by atoms with Gasteiger partial charge in [0.2, 0.25) is 0 Å². The van der Waals surface area contributed by atoms with E-state index in [0.29, 0.717) is 17.8 Å². The van der Waals surface area contributed by atoms with E-state index in [2.05, 4.69) is 4.72 Å². The molecule has 0 saturated carbocycles. The van der Waals surface area contributed by atoms with Crippen molar-refractivity contribution in [1.82, 2.24) is 0 Å². The van der Waals surface area contributed by atoms with Crippen LogP contribution in [0.15, 0.2) is 41.3 Å². The molecule has 0 spiro atoms. The van der Waals surface area contributed by atoms with E-state index < -0.39 is 34.0 Å². The van der Waals surface area contributed by atoms with Crippen LogP contribution in [0.5, 0.6) is 0 Å². The Morgan fingerprint density at radius 1 is 1.09 bits per heavy atom. The summed E-state index contributed by atoms with van der Waals surface area (Å²) in [6.45, 7) is 4.28. The second kappa shape index (κ2) is 11.7. The van der Waals surface area contributed by atoms with Gasteiger partial charge < -0.3 is 15.1 Å². The summed E-state index contributed by atoms with van der Waals surface area (Å²) < 4.78 is 73.3. The van der Waals surface area contributed by atoms with Crippen molar-refractivity contribution in [3.8, 4) is 0 Å². The molecule has 0 heterocycles. The van der Waals surface area contributed by atoms with E-state index in [1.807, 2.05) is 11.8 Å². The molecule has 2 aromatic rings. The van der Waals surface area contributed by atoms with Crippen LogP contribution in [0.3, 0.4) is 0 Å². The number of benzene rings is 2. The number of aromatic carboxylic acids is 1. The minimum atomic E-state index is -5.08. The number of aryl methyl sites for hydroxylation is 1. The zero-order valence-electron chi connectivity index (χ0n) is 18.5. The van der Waals surface area contributed by atoms with Crippen molar-refractivity contribution in [2.75, 3.05) is 23.2 Å². The SMILES string of the molecule is CCCCN(C)c1ccc(C(=O)O)cc1NS(=O)(=O)c1cc(F)ccc1C.O=C(O)C(F)(F)F. The summed E-state index contributed by atoms with van der Waals surface area (Å²) in [6.07, 6.45) is -3.23. The maximum atomic E-state index is 13.6. The van der Waals surface area contributed by atoms with Crippen LogP contribution in [0.4, 0.5) is 28.9 Å². The molecule has 2 rings (SSSR count). The average Bonchev–Trinajstić information content (AvgIpc) is 2.73. The number of carboxylic acid groups (broad SMARTS) is 2. The van der Waals surface area contributed by atoms with E-state index in [1.54, 1.807) is 20.0 Å². The summed E-state index contributed by atoms with van der Waals surface area (Å²) in [5.41, 5.74) is 1.03. The molecule has 3 N–H and O–H groups in total. The van der Waals surface area contributed by atoms with E-state index >= 15 is 0 Å². The number of hydrogen-bond acceptors (Lipinski definition) is 5. The maximum absolute atomic E-state index is 13.6. The molecule has 0 aliphatic heterocycles. The lowest BCUT2D eigenvalue weighted by molar-refractivity contribution is -0.192. The Labute approximate surface area is 193 Å². The molecule has 0 atom stereocenters. The van der Waals surface area contributed by atoms with Crippen LogP contribution in [0, 0.1) is 12.7 Å². The Morgan fingerprint density at radius 3 is 2.18 bits per heavy atom. The Bertz CT molecular complexity index is 1140. The van der Waals surface area contributed by atoms with Crippen molar-refractivity contribution in [3.63, 3.8) is 0 Å². The van der Waals surface area contributed by atoms with Gasteiger partial charge in [0.05, 0.1) is 21.8 Å². The molecule has 188 valence electrons. The fraction of sp³-hybridized carbons (Fsp3) is 0.333. The van der Waals surface area contributed by atoms with Gasteiger partial charge in [0.15, 0.2) is 0 Å². The number of anilines is 2. The van der Waals surface area contributed by atoms with Gasteiger partial charge in [0.1, 0.15) is 5.82 Å². The van der Waals surface area contributed by atoms with Crippen molar-refractivity contribution < 1.29 is 45.8 Å².